The van der Waals surface area contributed by atoms with Crippen LogP contribution in [0.5, 0.6) is 5.75 Å². The van der Waals surface area contributed by atoms with Gasteiger partial charge in [0, 0.05) is 4.47 Å². The van der Waals surface area contributed by atoms with Crippen LogP contribution in [0.2, 0.25) is 0 Å². The maximum absolute atomic E-state index is 9.79. The lowest BCUT2D eigenvalue weighted by atomic mass is 9.99. The van der Waals surface area contributed by atoms with Crippen LogP contribution in [0.15, 0.2) is 28.7 Å². The van der Waals surface area contributed by atoms with Crippen molar-refractivity contribution in [2.24, 2.45) is 0 Å². The van der Waals surface area contributed by atoms with Gasteiger partial charge in [-0.25, -0.2) is 0 Å². The van der Waals surface area contributed by atoms with E-state index in [0.29, 0.717) is 5.75 Å². The average Bonchev–Trinajstić information content (AvgIpc) is 2.42. The fourth-order valence-corrected chi connectivity index (χ4v) is 2.08. The standard InChI is InChI=1S/C12H15BrO6/c13-6-1-3-7(4-2-6)18-12-11(17)10(16)9(15)8(5-14)19-12/h1-4,8-12,14-17H,5H2/t8-,9+,10+,11-,12-/m0/s1. The first-order chi connectivity index (χ1) is 9.02. The molecule has 0 radical (unpaired) electrons. The number of halogens is 1. The summed E-state index contributed by atoms with van der Waals surface area (Å²) in [5.74, 6) is 0.438. The van der Waals surface area contributed by atoms with E-state index in [1.54, 1.807) is 24.3 Å². The Labute approximate surface area is 118 Å². The Kier molecular flexibility index (Phi) is 4.77. The van der Waals surface area contributed by atoms with Crippen molar-refractivity contribution in [3.63, 3.8) is 0 Å². The molecule has 0 unspecified atom stereocenters. The molecule has 1 aliphatic heterocycles. The SMILES string of the molecule is OC[C@@H]1O[C@H](Oc2ccc(Br)cc2)[C@@H](O)[C@H](O)[C@@H]1O. The van der Waals surface area contributed by atoms with Crippen molar-refractivity contribution < 1.29 is 29.9 Å². The van der Waals surface area contributed by atoms with Crippen LogP contribution in [0.25, 0.3) is 0 Å². The van der Waals surface area contributed by atoms with E-state index in [4.69, 9.17) is 14.6 Å². The minimum atomic E-state index is -1.44. The lowest BCUT2D eigenvalue weighted by Gasteiger charge is -2.39. The molecule has 1 saturated heterocycles. The van der Waals surface area contributed by atoms with E-state index in [-0.39, 0.29) is 0 Å². The van der Waals surface area contributed by atoms with Gasteiger partial charge in [0.25, 0.3) is 0 Å². The molecule has 1 fully saturated rings. The number of aliphatic hydroxyl groups is 4. The highest BCUT2D eigenvalue weighted by molar-refractivity contribution is 9.10. The van der Waals surface area contributed by atoms with E-state index >= 15 is 0 Å². The van der Waals surface area contributed by atoms with Crippen LogP contribution in [-0.2, 0) is 4.74 Å². The maximum Gasteiger partial charge on any atom is 0.229 e. The first-order valence-corrected chi connectivity index (χ1v) is 6.55. The van der Waals surface area contributed by atoms with E-state index in [2.05, 4.69) is 15.9 Å². The van der Waals surface area contributed by atoms with E-state index in [1.807, 2.05) is 0 Å². The molecule has 1 heterocycles. The number of ether oxygens (including phenoxy) is 2. The monoisotopic (exact) mass is 334 g/mol. The molecular formula is C12H15BrO6. The summed E-state index contributed by atoms with van der Waals surface area (Å²) in [5, 5.41) is 38.1. The first kappa shape index (κ1) is 14.7. The van der Waals surface area contributed by atoms with Crippen LogP contribution in [0, 0.1) is 0 Å². The fourth-order valence-electron chi connectivity index (χ4n) is 1.81. The number of hydrogen-bond donors (Lipinski definition) is 4. The topological polar surface area (TPSA) is 99.4 Å². The fraction of sp³-hybridized carbons (Fsp3) is 0.500. The summed E-state index contributed by atoms with van der Waals surface area (Å²) in [5.41, 5.74) is 0. The average molecular weight is 335 g/mol. The van der Waals surface area contributed by atoms with Crippen LogP contribution < -0.4 is 4.74 Å². The van der Waals surface area contributed by atoms with E-state index in [9.17, 15) is 15.3 Å². The van der Waals surface area contributed by atoms with Gasteiger partial charge in [0.2, 0.25) is 6.29 Å². The second-order valence-corrected chi connectivity index (χ2v) is 5.18. The lowest BCUT2D eigenvalue weighted by Crippen LogP contribution is -2.60. The third kappa shape index (κ3) is 3.25. The Morgan fingerprint density at radius 1 is 1.05 bits per heavy atom. The predicted molar refractivity (Wildman–Crippen MR) is 68.5 cm³/mol. The molecule has 6 nitrogen and oxygen atoms in total. The summed E-state index contributed by atoms with van der Waals surface area (Å²) in [4.78, 5) is 0. The Morgan fingerprint density at radius 2 is 1.68 bits per heavy atom. The minimum absolute atomic E-state index is 0.438. The summed E-state index contributed by atoms with van der Waals surface area (Å²) in [6.07, 6.45) is -6.35. The molecule has 7 heteroatoms. The molecule has 0 spiro atoms. The maximum atomic E-state index is 9.79. The van der Waals surface area contributed by atoms with Gasteiger partial charge in [0.15, 0.2) is 0 Å². The van der Waals surface area contributed by atoms with Crippen LogP contribution in [0.3, 0.4) is 0 Å². The van der Waals surface area contributed by atoms with Crippen molar-refractivity contribution in [2.75, 3.05) is 6.61 Å². The predicted octanol–water partition coefficient (Wildman–Crippen LogP) is -0.372. The van der Waals surface area contributed by atoms with E-state index in [0.717, 1.165) is 4.47 Å². The van der Waals surface area contributed by atoms with Crippen molar-refractivity contribution in [3.8, 4) is 5.75 Å². The molecule has 0 amide bonds. The van der Waals surface area contributed by atoms with Gasteiger partial charge in [0.05, 0.1) is 6.61 Å². The van der Waals surface area contributed by atoms with Gasteiger partial charge in [0.1, 0.15) is 30.2 Å². The largest absolute Gasteiger partial charge is 0.462 e. The van der Waals surface area contributed by atoms with Gasteiger partial charge in [-0.15, -0.1) is 0 Å². The van der Waals surface area contributed by atoms with E-state index in [1.165, 1.54) is 0 Å². The Bertz CT molecular complexity index is 409. The third-order valence-electron chi connectivity index (χ3n) is 2.91. The van der Waals surface area contributed by atoms with Crippen LogP contribution >= 0.6 is 15.9 Å². The normalized spacial score (nSPS) is 35.1. The van der Waals surface area contributed by atoms with Crippen molar-refractivity contribution >= 4 is 15.9 Å². The molecule has 1 aromatic rings. The smallest absolute Gasteiger partial charge is 0.229 e. The Hall–Kier alpha value is -0.700. The summed E-state index contributed by atoms with van der Waals surface area (Å²) in [7, 11) is 0. The zero-order valence-electron chi connectivity index (χ0n) is 9.89. The minimum Gasteiger partial charge on any atom is -0.462 e. The molecule has 0 bridgehead atoms. The lowest BCUT2D eigenvalue weighted by molar-refractivity contribution is -0.277. The molecule has 0 aromatic heterocycles. The second-order valence-electron chi connectivity index (χ2n) is 4.27. The number of benzene rings is 1. The first-order valence-electron chi connectivity index (χ1n) is 5.75. The molecule has 1 aromatic carbocycles. The molecule has 19 heavy (non-hydrogen) atoms. The van der Waals surface area contributed by atoms with Gasteiger partial charge in [-0.3, -0.25) is 0 Å². The van der Waals surface area contributed by atoms with Gasteiger partial charge in [-0.2, -0.15) is 0 Å². The molecule has 106 valence electrons. The number of rotatable bonds is 3. The van der Waals surface area contributed by atoms with Crippen molar-refractivity contribution in [1.29, 1.82) is 0 Å². The van der Waals surface area contributed by atoms with Gasteiger partial charge in [-0.05, 0) is 24.3 Å². The second kappa shape index (κ2) is 6.17. The van der Waals surface area contributed by atoms with Crippen molar-refractivity contribution in [1.82, 2.24) is 0 Å². The highest BCUT2D eigenvalue weighted by Gasteiger charge is 2.44. The van der Waals surface area contributed by atoms with Crippen molar-refractivity contribution in [3.05, 3.63) is 28.7 Å². The van der Waals surface area contributed by atoms with Gasteiger partial charge >= 0.3 is 0 Å². The molecule has 0 aliphatic carbocycles. The quantitative estimate of drug-likeness (QED) is 0.602. The van der Waals surface area contributed by atoms with E-state index < -0.39 is 37.3 Å². The Balaban J connectivity index is 2.08. The zero-order valence-corrected chi connectivity index (χ0v) is 11.5. The molecule has 5 atom stereocenters. The van der Waals surface area contributed by atoms with Crippen LogP contribution in [0.4, 0.5) is 0 Å². The Morgan fingerprint density at radius 3 is 2.26 bits per heavy atom. The third-order valence-corrected chi connectivity index (χ3v) is 3.44. The summed E-state index contributed by atoms with van der Waals surface area (Å²) in [6.45, 7) is -0.481. The summed E-state index contributed by atoms with van der Waals surface area (Å²) < 4.78 is 11.5. The highest BCUT2D eigenvalue weighted by atomic mass is 79.9. The van der Waals surface area contributed by atoms with Crippen LogP contribution in [0.1, 0.15) is 0 Å². The molecule has 4 N–H and O–H groups in total. The summed E-state index contributed by atoms with van der Waals surface area (Å²) >= 11 is 3.28. The number of aliphatic hydroxyl groups excluding tert-OH is 4. The molecular weight excluding hydrogens is 320 g/mol. The zero-order chi connectivity index (χ0) is 14.0. The highest BCUT2D eigenvalue weighted by Crippen LogP contribution is 2.25. The number of hydrogen-bond acceptors (Lipinski definition) is 6. The van der Waals surface area contributed by atoms with Gasteiger partial charge < -0.3 is 29.9 Å². The van der Waals surface area contributed by atoms with Crippen LogP contribution in [-0.4, -0.2) is 57.7 Å². The molecule has 2 rings (SSSR count). The van der Waals surface area contributed by atoms with Crippen molar-refractivity contribution in [2.45, 2.75) is 30.7 Å². The molecule has 1 aliphatic rings. The molecule has 0 saturated carbocycles. The summed E-state index contributed by atoms with van der Waals surface area (Å²) in [6, 6.07) is 6.82. The van der Waals surface area contributed by atoms with Gasteiger partial charge in [-0.1, -0.05) is 15.9 Å².